The van der Waals surface area contributed by atoms with Crippen LogP contribution in [0.5, 0.6) is 5.75 Å². The van der Waals surface area contributed by atoms with Crippen LogP contribution in [0.1, 0.15) is 22.5 Å². The molecule has 0 aliphatic heterocycles. The van der Waals surface area contributed by atoms with Gasteiger partial charge in [0.05, 0.1) is 17.6 Å². The van der Waals surface area contributed by atoms with E-state index in [-0.39, 0.29) is 0 Å². The van der Waals surface area contributed by atoms with Gasteiger partial charge in [0.2, 0.25) is 0 Å². The summed E-state index contributed by atoms with van der Waals surface area (Å²) in [4.78, 5) is 4.87. The van der Waals surface area contributed by atoms with Gasteiger partial charge in [0, 0.05) is 6.42 Å². The van der Waals surface area contributed by atoms with Crippen LogP contribution < -0.4 is 4.74 Å². The highest BCUT2D eigenvalue weighted by atomic mass is 16.5. The van der Waals surface area contributed by atoms with Gasteiger partial charge < -0.3 is 9.30 Å². The fourth-order valence-corrected chi connectivity index (χ4v) is 3.35. The summed E-state index contributed by atoms with van der Waals surface area (Å²) in [5, 5.41) is 0. The molecule has 0 radical (unpaired) electrons. The molecule has 0 saturated heterocycles. The molecule has 0 spiro atoms. The summed E-state index contributed by atoms with van der Waals surface area (Å²) in [6.45, 7) is 5.62. The van der Waals surface area contributed by atoms with Crippen LogP contribution in [0.2, 0.25) is 0 Å². The van der Waals surface area contributed by atoms with E-state index in [1.165, 1.54) is 16.7 Å². The van der Waals surface area contributed by atoms with E-state index in [0.29, 0.717) is 6.61 Å². The first-order valence-electron chi connectivity index (χ1n) is 9.39. The van der Waals surface area contributed by atoms with E-state index in [2.05, 4.69) is 73.0 Å². The maximum atomic E-state index is 6.02. The molecule has 0 saturated carbocycles. The molecule has 1 heterocycles. The van der Waals surface area contributed by atoms with E-state index < -0.39 is 0 Å². The molecule has 27 heavy (non-hydrogen) atoms. The van der Waals surface area contributed by atoms with Crippen LogP contribution in [0.15, 0.2) is 72.8 Å². The molecular formula is C24H24N2O. The predicted molar refractivity (Wildman–Crippen MR) is 110 cm³/mol. The van der Waals surface area contributed by atoms with Gasteiger partial charge in [-0.1, -0.05) is 48.5 Å². The van der Waals surface area contributed by atoms with Crippen molar-refractivity contribution in [2.75, 3.05) is 6.61 Å². The van der Waals surface area contributed by atoms with E-state index in [0.717, 1.165) is 35.6 Å². The molecule has 4 rings (SSSR count). The van der Waals surface area contributed by atoms with E-state index in [1.54, 1.807) is 0 Å². The molecule has 0 atom stereocenters. The maximum absolute atomic E-state index is 6.02. The molecule has 136 valence electrons. The van der Waals surface area contributed by atoms with Crippen LogP contribution in [0.4, 0.5) is 0 Å². The summed E-state index contributed by atoms with van der Waals surface area (Å²) < 4.78 is 8.30. The molecule has 0 fully saturated rings. The highest BCUT2D eigenvalue weighted by molar-refractivity contribution is 5.76. The summed E-state index contributed by atoms with van der Waals surface area (Å²) in [6.07, 6.45) is 0.819. The van der Waals surface area contributed by atoms with Crippen LogP contribution in [0.25, 0.3) is 11.0 Å². The molecule has 0 unspecified atom stereocenters. The monoisotopic (exact) mass is 356 g/mol. The Labute approximate surface area is 160 Å². The molecule has 4 aromatic rings. The second kappa shape index (κ2) is 7.67. The lowest BCUT2D eigenvalue weighted by Crippen LogP contribution is -2.11. The summed E-state index contributed by atoms with van der Waals surface area (Å²) >= 11 is 0. The van der Waals surface area contributed by atoms with Gasteiger partial charge in [0.15, 0.2) is 0 Å². The average molecular weight is 356 g/mol. The molecule has 1 aromatic heterocycles. The quantitative estimate of drug-likeness (QED) is 0.467. The number of rotatable bonds is 6. The predicted octanol–water partition coefficient (Wildman–Crippen LogP) is 5.32. The number of hydrogen-bond acceptors (Lipinski definition) is 2. The third-order valence-electron chi connectivity index (χ3n) is 5.00. The smallest absolute Gasteiger partial charge is 0.119 e. The summed E-state index contributed by atoms with van der Waals surface area (Å²) in [6, 6.07) is 25.1. The van der Waals surface area contributed by atoms with Crippen molar-refractivity contribution in [2.45, 2.75) is 26.8 Å². The number of aromatic nitrogens is 2. The highest BCUT2D eigenvalue weighted by Gasteiger charge is 2.11. The fourth-order valence-electron chi connectivity index (χ4n) is 3.35. The third-order valence-corrected chi connectivity index (χ3v) is 5.00. The van der Waals surface area contributed by atoms with Crippen LogP contribution in [-0.2, 0) is 13.0 Å². The third kappa shape index (κ3) is 3.87. The van der Waals surface area contributed by atoms with Crippen molar-refractivity contribution < 1.29 is 4.74 Å². The normalized spacial score (nSPS) is 11.0. The second-order valence-corrected chi connectivity index (χ2v) is 6.93. The van der Waals surface area contributed by atoms with Crippen molar-refractivity contribution >= 4 is 11.0 Å². The summed E-state index contributed by atoms with van der Waals surface area (Å²) in [5.41, 5.74) is 6.00. The average Bonchev–Trinajstić information content (AvgIpc) is 3.03. The Morgan fingerprint density at radius 2 is 1.63 bits per heavy atom. The van der Waals surface area contributed by atoms with E-state index in [4.69, 9.17) is 9.72 Å². The topological polar surface area (TPSA) is 27.1 Å². The summed E-state index contributed by atoms with van der Waals surface area (Å²) in [5.74, 6) is 2.00. The SMILES string of the molecule is Cc1ccc(OCCn2c(Cc3ccccc3)nc3ccccc32)cc1C. The molecule has 0 aliphatic rings. The molecule has 0 N–H and O–H groups in total. The molecule has 3 nitrogen and oxygen atoms in total. The number of nitrogens with zero attached hydrogens (tertiary/aromatic N) is 2. The minimum Gasteiger partial charge on any atom is -0.492 e. The van der Waals surface area contributed by atoms with E-state index in [9.17, 15) is 0 Å². The van der Waals surface area contributed by atoms with Gasteiger partial charge in [-0.15, -0.1) is 0 Å². The second-order valence-electron chi connectivity index (χ2n) is 6.93. The highest BCUT2D eigenvalue weighted by Crippen LogP contribution is 2.20. The van der Waals surface area contributed by atoms with Gasteiger partial charge in [0.1, 0.15) is 18.2 Å². The first kappa shape index (κ1) is 17.3. The largest absolute Gasteiger partial charge is 0.492 e. The Morgan fingerprint density at radius 1 is 0.852 bits per heavy atom. The molecule has 3 aromatic carbocycles. The maximum Gasteiger partial charge on any atom is 0.119 e. The van der Waals surface area contributed by atoms with Gasteiger partial charge in [-0.2, -0.15) is 0 Å². The number of imidazole rings is 1. The minimum atomic E-state index is 0.616. The molecule has 0 bridgehead atoms. The van der Waals surface area contributed by atoms with Crippen molar-refractivity contribution in [1.29, 1.82) is 0 Å². The number of ether oxygens (including phenoxy) is 1. The van der Waals surface area contributed by atoms with Crippen LogP contribution in [0.3, 0.4) is 0 Å². The van der Waals surface area contributed by atoms with Crippen molar-refractivity contribution in [3.63, 3.8) is 0 Å². The zero-order valence-electron chi connectivity index (χ0n) is 15.9. The van der Waals surface area contributed by atoms with Gasteiger partial charge in [-0.25, -0.2) is 4.98 Å². The Bertz CT molecular complexity index is 1050. The van der Waals surface area contributed by atoms with Gasteiger partial charge in [-0.3, -0.25) is 0 Å². The lowest BCUT2D eigenvalue weighted by molar-refractivity contribution is 0.298. The fraction of sp³-hybridized carbons (Fsp3) is 0.208. The first-order valence-corrected chi connectivity index (χ1v) is 9.39. The minimum absolute atomic E-state index is 0.616. The first-order chi connectivity index (χ1) is 13.2. The lowest BCUT2D eigenvalue weighted by atomic mass is 10.1. The Hall–Kier alpha value is -3.07. The van der Waals surface area contributed by atoms with Gasteiger partial charge in [0.25, 0.3) is 0 Å². The number of aryl methyl sites for hydroxylation is 2. The number of para-hydroxylation sites is 2. The lowest BCUT2D eigenvalue weighted by Gasteiger charge is -2.12. The Morgan fingerprint density at radius 3 is 2.44 bits per heavy atom. The Balaban J connectivity index is 1.56. The zero-order valence-corrected chi connectivity index (χ0v) is 15.9. The number of fused-ring (bicyclic) bond motifs is 1. The number of benzene rings is 3. The van der Waals surface area contributed by atoms with E-state index in [1.807, 2.05) is 18.2 Å². The number of hydrogen-bond donors (Lipinski definition) is 0. The van der Waals surface area contributed by atoms with Gasteiger partial charge in [-0.05, 0) is 54.8 Å². The van der Waals surface area contributed by atoms with Crippen LogP contribution in [-0.4, -0.2) is 16.2 Å². The molecular weight excluding hydrogens is 332 g/mol. The van der Waals surface area contributed by atoms with Crippen molar-refractivity contribution in [3.8, 4) is 5.75 Å². The summed E-state index contributed by atoms with van der Waals surface area (Å²) in [7, 11) is 0. The molecule has 0 amide bonds. The van der Waals surface area contributed by atoms with Crippen molar-refractivity contribution in [2.24, 2.45) is 0 Å². The molecule has 0 aliphatic carbocycles. The van der Waals surface area contributed by atoms with Crippen molar-refractivity contribution in [3.05, 3.63) is 95.3 Å². The van der Waals surface area contributed by atoms with Crippen molar-refractivity contribution in [1.82, 2.24) is 9.55 Å². The zero-order chi connectivity index (χ0) is 18.6. The van der Waals surface area contributed by atoms with E-state index >= 15 is 0 Å². The standard InChI is InChI=1S/C24H24N2O/c1-18-12-13-21(16-19(18)2)27-15-14-26-23-11-7-6-10-22(23)25-24(26)17-20-8-4-3-5-9-20/h3-13,16H,14-15,17H2,1-2H3. The van der Waals surface area contributed by atoms with Crippen LogP contribution >= 0.6 is 0 Å². The Kier molecular flexibility index (Phi) is 4.93. The van der Waals surface area contributed by atoms with Gasteiger partial charge >= 0.3 is 0 Å². The molecule has 3 heteroatoms. The van der Waals surface area contributed by atoms with Crippen LogP contribution in [0, 0.1) is 13.8 Å².